The van der Waals surface area contributed by atoms with Crippen molar-refractivity contribution in [1.82, 2.24) is 4.98 Å². The lowest BCUT2D eigenvalue weighted by Crippen LogP contribution is -2.37. The van der Waals surface area contributed by atoms with Gasteiger partial charge in [-0.25, -0.2) is 4.98 Å². The number of anilines is 1. The fourth-order valence-corrected chi connectivity index (χ4v) is 4.75. The third-order valence-electron chi connectivity index (χ3n) is 4.89. The van der Waals surface area contributed by atoms with Crippen molar-refractivity contribution >= 4 is 55.8 Å². The standard InChI is InChI=1S/C21H20Cl2N2O2S/c1-2-13-5-8-18-19(10-13)28-21(24-18)25(12-15-4-3-9-27-15)20(26)16-11-14(22)6-7-17(16)23/h5-8,10-11,15H,2-4,9,12H2,1H3. The number of aryl methyl sites for hydroxylation is 1. The highest BCUT2D eigenvalue weighted by molar-refractivity contribution is 7.22. The smallest absolute Gasteiger partial charge is 0.261 e. The Kier molecular flexibility index (Phi) is 5.88. The number of hydrogen-bond donors (Lipinski definition) is 0. The van der Waals surface area contributed by atoms with Crippen LogP contribution < -0.4 is 4.90 Å². The van der Waals surface area contributed by atoms with Gasteiger partial charge in [0.05, 0.1) is 33.5 Å². The van der Waals surface area contributed by atoms with Gasteiger partial charge in [0.15, 0.2) is 5.13 Å². The zero-order valence-corrected chi connectivity index (χ0v) is 17.8. The first kappa shape index (κ1) is 19.6. The highest BCUT2D eigenvalue weighted by atomic mass is 35.5. The minimum atomic E-state index is -0.210. The van der Waals surface area contributed by atoms with E-state index in [1.54, 1.807) is 23.1 Å². The molecule has 0 spiro atoms. The van der Waals surface area contributed by atoms with Crippen LogP contribution in [0.5, 0.6) is 0 Å². The van der Waals surface area contributed by atoms with Crippen LogP contribution in [-0.4, -0.2) is 30.1 Å². The van der Waals surface area contributed by atoms with Crippen molar-refractivity contribution < 1.29 is 9.53 Å². The molecule has 1 amide bonds. The van der Waals surface area contributed by atoms with Crippen molar-refractivity contribution in [3.63, 3.8) is 0 Å². The minimum absolute atomic E-state index is 0.000115. The van der Waals surface area contributed by atoms with Gasteiger partial charge < -0.3 is 4.74 Å². The fourth-order valence-electron chi connectivity index (χ4n) is 3.34. The van der Waals surface area contributed by atoms with E-state index >= 15 is 0 Å². The molecule has 4 nitrogen and oxygen atoms in total. The van der Waals surface area contributed by atoms with Crippen LogP contribution in [0.15, 0.2) is 36.4 Å². The van der Waals surface area contributed by atoms with Crippen molar-refractivity contribution in [2.75, 3.05) is 18.1 Å². The Labute approximate surface area is 178 Å². The van der Waals surface area contributed by atoms with E-state index in [1.165, 1.54) is 16.9 Å². The summed E-state index contributed by atoms with van der Waals surface area (Å²) in [6.07, 6.45) is 2.89. The minimum Gasteiger partial charge on any atom is -0.376 e. The van der Waals surface area contributed by atoms with Gasteiger partial charge in [-0.1, -0.05) is 47.5 Å². The average Bonchev–Trinajstić information content (AvgIpc) is 3.36. The molecule has 0 radical (unpaired) electrons. The summed E-state index contributed by atoms with van der Waals surface area (Å²) >= 11 is 13.9. The van der Waals surface area contributed by atoms with Gasteiger partial charge in [-0.05, 0) is 55.2 Å². The molecule has 1 atom stereocenters. The molecule has 7 heteroatoms. The molecule has 1 aliphatic rings. The summed E-state index contributed by atoms with van der Waals surface area (Å²) in [5.74, 6) is -0.210. The van der Waals surface area contributed by atoms with E-state index in [0.29, 0.717) is 27.3 Å². The first-order valence-electron chi connectivity index (χ1n) is 9.33. The Morgan fingerprint density at radius 1 is 1.29 bits per heavy atom. The second-order valence-electron chi connectivity index (χ2n) is 6.83. The SMILES string of the molecule is CCc1ccc2nc(N(CC3CCCO3)C(=O)c3cc(Cl)ccc3Cl)sc2c1. The van der Waals surface area contributed by atoms with Crippen LogP contribution in [0, 0.1) is 0 Å². The Morgan fingerprint density at radius 3 is 2.89 bits per heavy atom. The molecule has 0 saturated carbocycles. The summed E-state index contributed by atoms with van der Waals surface area (Å²) in [4.78, 5) is 19.8. The van der Waals surface area contributed by atoms with Gasteiger partial charge in [0.2, 0.25) is 0 Å². The summed E-state index contributed by atoms with van der Waals surface area (Å²) in [5, 5.41) is 1.50. The van der Waals surface area contributed by atoms with Crippen LogP contribution in [0.2, 0.25) is 10.0 Å². The lowest BCUT2D eigenvalue weighted by molar-refractivity contribution is 0.0917. The number of rotatable bonds is 5. The van der Waals surface area contributed by atoms with Crippen molar-refractivity contribution in [3.8, 4) is 0 Å². The lowest BCUT2D eigenvalue weighted by Gasteiger charge is -2.23. The van der Waals surface area contributed by atoms with E-state index in [4.69, 9.17) is 32.9 Å². The number of benzene rings is 2. The monoisotopic (exact) mass is 434 g/mol. The summed E-state index contributed by atoms with van der Waals surface area (Å²) in [6.45, 7) is 3.30. The van der Waals surface area contributed by atoms with Crippen molar-refractivity contribution in [2.45, 2.75) is 32.3 Å². The number of fused-ring (bicyclic) bond motifs is 1. The van der Waals surface area contributed by atoms with Crippen LogP contribution in [0.3, 0.4) is 0 Å². The molecule has 4 rings (SSSR count). The van der Waals surface area contributed by atoms with Crippen LogP contribution in [-0.2, 0) is 11.2 Å². The summed E-state index contributed by atoms with van der Waals surface area (Å²) < 4.78 is 6.85. The van der Waals surface area contributed by atoms with Crippen LogP contribution in [0.4, 0.5) is 5.13 Å². The fraction of sp³-hybridized carbons (Fsp3) is 0.333. The quantitative estimate of drug-likeness (QED) is 0.494. The van der Waals surface area contributed by atoms with Gasteiger partial charge in [-0.3, -0.25) is 9.69 Å². The zero-order valence-electron chi connectivity index (χ0n) is 15.5. The van der Waals surface area contributed by atoms with Crippen LogP contribution in [0.1, 0.15) is 35.7 Å². The number of hydrogen-bond acceptors (Lipinski definition) is 4. The number of ether oxygens (including phenoxy) is 1. The molecule has 0 N–H and O–H groups in total. The molecule has 1 saturated heterocycles. The normalized spacial score (nSPS) is 16.6. The molecule has 146 valence electrons. The molecule has 2 aromatic carbocycles. The zero-order chi connectivity index (χ0) is 19.7. The van der Waals surface area contributed by atoms with Gasteiger partial charge in [0, 0.05) is 11.6 Å². The van der Waals surface area contributed by atoms with Crippen molar-refractivity contribution in [2.24, 2.45) is 0 Å². The number of amides is 1. The molecule has 1 aromatic heterocycles. The number of carbonyl (C=O) groups is 1. The van der Waals surface area contributed by atoms with E-state index in [0.717, 1.165) is 36.1 Å². The molecule has 2 heterocycles. The third kappa shape index (κ3) is 4.03. The molecule has 3 aromatic rings. The van der Waals surface area contributed by atoms with Crippen molar-refractivity contribution in [3.05, 3.63) is 57.6 Å². The van der Waals surface area contributed by atoms with E-state index in [2.05, 4.69) is 19.1 Å². The molecular weight excluding hydrogens is 415 g/mol. The maximum Gasteiger partial charge on any atom is 0.261 e. The Morgan fingerprint density at radius 2 is 2.14 bits per heavy atom. The van der Waals surface area contributed by atoms with Crippen molar-refractivity contribution in [1.29, 1.82) is 0 Å². The molecule has 0 bridgehead atoms. The Bertz CT molecular complexity index is 1010. The van der Waals surface area contributed by atoms with Crippen LogP contribution in [0.25, 0.3) is 10.2 Å². The number of halogens is 2. The molecule has 1 aliphatic heterocycles. The highest BCUT2D eigenvalue weighted by Crippen LogP contribution is 2.33. The number of aromatic nitrogens is 1. The first-order chi connectivity index (χ1) is 13.5. The number of carbonyl (C=O) groups excluding carboxylic acids is 1. The highest BCUT2D eigenvalue weighted by Gasteiger charge is 2.28. The van der Waals surface area contributed by atoms with Gasteiger partial charge in [-0.2, -0.15) is 0 Å². The van der Waals surface area contributed by atoms with E-state index in [-0.39, 0.29) is 12.0 Å². The Hall–Kier alpha value is -1.66. The van der Waals surface area contributed by atoms with E-state index in [9.17, 15) is 4.79 Å². The number of nitrogens with zero attached hydrogens (tertiary/aromatic N) is 2. The molecule has 1 unspecified atom stereocenters. The van der Waals surface area contributed by atoms with Gasteiger partial charge in [0.25, 0.3) is 5.91 Å². The van der Waals surface area contributed by atoms with Crippen LogP contribution >= 0.6 is 34.5 Å². The largest absolute Gasteiger partial charge is 0.376 e. The van der Waals surface area contributed by atoms with E-state index in [1.807, 2.05) is 6.07 Å². The van der Waals surface area contributed by atoms with Gasteiger partial charge in [0.1, 0.15) is 0 Å². The predicted octanol–water partition coefficient (Wildman–Crippen LogP) is 5.99. The van der Waals surface area contributed by atoms with Gasteiger partial charge >= 0.3 is 0 Å². The second kappa shape index (κ2) is 8.37. The van der Waals surface area contributed by atoms with E-state index < -0.39 is 0 Å². The third-order valence-corrected chi connectivity index (χ3v) is 6.50. The summed E-state index contributed by atoms with van der Waals surface area (Å²) in [7, 11) is 0. The molecule has 1 fully saturated rings. The molecule has 28 heavy (non-hydrogen) atoms. The summed E-state index contributed by atoms with van der Waals surface area (Å²) in [5.41, 5.74) is 2.51. The maximum atomic E-state index is 13.4. The van der Waals surface area contributed by atoms with Gasteiger partial charge in [-0.15, -0.1) is 0 Å². The average molecular weight is 435 g/mol. The second-order valence-corrected chi connectivity index (χ2v) is 8.68. The lowest BCUT2D eigenvalue weighted by atomic mass is 10.1. The first-order valence-corrected chi connectivity index (χ1v) is 10.9. The number of thiazole rings is 1. The predicted molar refractivity (Wildman–Crippen MR) is 116 cm³/mol. The topological polar surface area (TPSA) is 42.4 Å². The summed E-state index contributed by atoms with van der Waals surface area (Å²) in [6, 6.07) is 11.2. The Balaban J connectivity index is 1.74. The maximum absolute atomic E-state index is 13.4. The molecule has 0 aliphatic carbocycles. The molecular formula is C21H20Cl2N2O2S.